The highest BCUT2D eigenvalue weighted by molar-refractivity contribution is 6.32. The van der Waals surface area contributed by atoms with Crippen LogP contribution in [0.25, 0.3) is 0 Å². The van der Waals surface area contributed by atoms with E-state index in [4.69, 9.17) is 32.7 Å². The van der Waals surface area contributed by atoms with Crippen LogP contribution in [0.1, 0.15) is 11.3 Å². The number of hydrogen-bond donors (Lipinski definition) is 0. The van der Waals surface area contributed by atoms with Gasteiger partial charge in [0.05, 0.1) is 23.7 Å². The van der Waals surface area contributed by atoms with Crippen LogP contribution < -0.4 is 9.47 Å². The van der Waals surface area contributed by atoms with Gasteiger partial charge in [-0.25, -0.2) is 4.98 Å². The van der Waals surface area contributed by atoms with Crippen LogP contribution in [-0.4, -0.2) is 12.1 Å². The van der Waals surface area contributed by atoms with Crippen molar-refractivity contribution >= 4 is 23.2 Å². The fourth-order valence-electron chi connectivity index (χ4n) is 1.52. The van der Waals surface area contributed by atoms with Gasteiger partial charge in [0.15, 0.2) is 0 Å². The lowest BCUT2D eigenvalue weighted by Gasteiger charge is -2.08. The molecule has 0 saturated carbocycles. The number of rotatable bonds is 5. The molecule has 0 aliphatic carbocycles. The van der Waals surface area contributed by atoms with Crippen LogP contribution in [0.4, 0.5) is 0 Å². The Kier molecular flexibility index (Phi) is 4.88. The van der Waals surface area contributed by atoms with Gasteiger partial charge in [-0.15, -0.1) is 11.6 Å². The topological polar surface area (TPSA) is 31.4 Å². The Morgan fingerprint density at radius 3 is 2.47 bits per heavy atom. The number of nitrogens with zero attached hydrogens (tertiary/aromatic N) is 1. The molecule has 0 amide bonds. The highest BCUT2D eigenvalue weighted by atomic mass is 35.5. The fraction of sp³-hybridized carbons (Fsp3) is 0.214. The summed E-state index contributed by atoms with van der Waals surface area (Å²) >= 11 is 11.7. The molecule has 1 heterocycles. The lowest BCUT2D eigenvalue weighted by Crippen LogP contribution is -1.99. The zero-order valence-electron chi connectivity index (χ0n) is 10.4. The van der Waals surface area contributed by atoms with Gasteiger partial charge in [-0.1, -0.05) is 23.7 Å². The molecular formula is C14H13Cl2NO2. The highest BCUT2D eigenvalue weighted by Gasteiger charge is 2.04. The summed E-state index contributed by atoms with van der Waals surface area (Å²) < 4.78 is 10.7. The minimum absolute atomic E-state index is 0.262. The van der Waals surface area contributed by atoms with E-state index in [1.54, 1.807) is 19.2 Å². The second-order valence-electron chi connectivity index (χ2n) is 3.85. The van der Waals surface area contributed by atoms with Gasteiger partial charge in [-0.2, -0.15) is 0 Å². The summed E-state index contributed by atoms with van der Waals surface area (Å²) in [6, 6.07) is 11.1. The van der Waals surface area contributed by atoms with Gasteiger partial charge in [0.25, 0.3) is 0 Å². The lowest BCUT2D eigenvalue weighted by atomic mass is 10.2. The molecule has 2 rings (SSSR count). The monoisotopic (exact) mass is 297 g/mol. The summed E-state index contributed by atoms with van der Waals surface area (Å²) in [5, 5.41) is 0.548. The summed E-state index contributed by atoms with van der Waals surface area (Å²) in [7, 11) is 1.64. The highest BCUT2D eigenvalue weighted by Crippen LogP contribution is 2.20. The maximum absolute atomic E-state index is 5.93. The molecule has 0 aliphatic heterocycles. The Labute approximate surface area is 122 Å². The van der Waals surface area contributed by atoms with Crippen LogP contribution in [0.15, 0.2) is 36.4 Å². The Bertz CT molecular complexity index is 544. The summed E-state index contributed by atoms with van der Waals surface area (Å²) in [6.45, 7) is 0.431. The first-order valence-corrected chi connectivity index (χ1v) is 6.61. The van der Waals surface area contributed by atoms with Crippen molar-refractivity contribution in [2.45, 2.75) is 12.5 Å². The maximum Gasteiger partial charge on any atom is 0.213 e. The summed E-state index contributed by atoms with van der Waals surface area (Å²) in [6.07, 6.45) is 0. The van der Waals surface area contributed by atoms with Gasteiger partial charge in [-0.3, -0.25) is 0 Å². The Morgan fingerprint density at radius 2 is 1.84 bits per heavy atom. The summed E-state index contributed by atoms with van der Waals surface area (Å²) in [5.74, 6) is 1.59. The first-order chi connectivity index (χ1) is 9.22. The van der Waals surface area contributed by atoms with Gasteiger partial charge >= 0.3 is 0 Å². The first-order valence-electron chi connectivity index (χ1n) is 5.70. The molecule has 1 aromatic carbocycles. The molecule has 5 heteroatoms. The number of hydrogen-bond acceptors (Lipinski definition) is 3. The third kappa shape index (κ3) is 3.75. The van der Waals surface area contributed by atoms with E-state index < -0.39 is 0 Å². The Hall–Kier alpha value is -1.45. The first kappa shape index (κ1) is 14.0. The fourth-order valence-corrected chi connectivity index (χ4v) is 1.96. The van der Waals surface area contributed by atoms with E-state index >= 15 is 0 Å². The Balaban J connectivity index is 2.01. The van der Waals surface area contributed by atoms with Crippen LogP contribution in [0.2, 0.25) is 5.02 Å². The molecular weight excluding hydrogens is 285 g/mol. The van der Waals surface area contributed by atoms with E-state index in [0.717, 1.165) is 11.3 Å². The van der Waals surface area contributed by atoms with Gasteiger partial charge in [0, 0.05) is 6.07 Å². The predicted molar refractivity (Wildman–Crippen MR) is 76.1 cm³/mol. The molecule has 0 bridgehead atoms. The molecule has 0 atom stereocenters. The van der Waals surface area contributed by atoms with Crippen molar-refractivity contribution in [2.24, 2.45) is 0 Å². The number of aromatic nitrogens is 1. The van der Waals surface area contributed by atoms with Crippen LogP contribution in [0.5, 0.6) is 11.6 Å². The quantitative estimate of drug-likeness (QED) is 0.780. The van der Waals surface area contributed by atoms with E-state index in [1.807, 2.05) is 24.3 Å². The van der Waals surface area contributed by atoms with Crippen molar-refractivity contribution in [3.8, 4) is 11.6 Å². The average molecular weight is 298 g/mol. The lowest BCUT2D eigenvalue weighted by molar-refractivity contribution is 0.293. The van der Waals surface area contributed by atoms with Crippen molar-refractivity contribution < 1.29 is 9.47 Å². The minimum atomic E-state index is 0.262. The summed E-state index contributed by atoms with van der Waals surface area (Å²) in [5.41, 5.74) is 1.65. The van der Waals surface area contributed by atoms with Gasteiger partial charge in [0.1, 0.15) is 12.4 Å². The summed E-state index contributed by atoms with van der Waals surface area (Å²) in [4.78, 5) is 4.23. The zero-order chi connectivity index (χ0) is 13.7. The molecule has 2 aromatic rings. The third-order valence-corrected chi connectivity index (χ3v) is 3.16. The molecule has 0 saturated heterocycles. The second-order valence-corrected chi connectivity index (χ2v) is 4.52. The molecule has 1 aromatic heterocycles. The van der Waals surface area contributed by atoms with Crippen molar-refractivity contribution in [2.75, 3.05) is 7.11 Å². The molecule has 0 spiro atoms. The third-order valence-electron chi connectivity index (χ3n) is 2.57. The van der Waals surface area contributed by atoms with Crippen LogP contribution in [0.3, 0.4) is 0 Å². The van der Waals surface area contributed by atoms with Gasteiger partial charge in [0.2, 0.25) is 5.88 Å². The normalized spacial score (nSPS) is 10.3. The molecule has 19 heavy (non-hydrogen) atoms. The smallest absolute Gasteiger partial charge is 0.213 e. The molecule has 0 N–H and O–H groups in total. The number of ether oxygens (including phenoxy) is 2. The number of methoxy groups -OCH3 is 1. The average Bonchev–Trinajstić information content (AvgIpc) is 2.47. The predicted octanol–water partition coefficient (Wildman–Crippen LogP) is 4.06. The van der Waals surface area contributed by atoms with E-state index in [-0.39, 0.29) is 5.88 Å². The second kappa shape index (κ2) is 6.64. The molecule has 0 unspecified atom stereocenters. The zero-order valence-corrected chi connectivity index (χ0v) is 11.9. The van der Waals surface area contributed by atoms with Crippen molar-refractivity contribution in [1.82, 2.24) is 4.98 Å². The van der Waals surface area contributed by atoms with Crippen LogP contribution >= 0.6 is 23.2 Å². The molecule has 0 radical (unpaired) electrons. The number of pyridine rings is 1. The molecule has 3 nitrogen and oxygen atoms in total. The van der Waals surface area contributed by atoms with Crippen molar-refractivity contribution in [1.29, 1.82) is 0 Å². The molecule has 0 aliphatic rings. The minimum Gasteiger partial charge on any atom is -0.497 e. The van der Waals surface area contributed by atoms with Crippen LogP contribution in [-0.2, 0) is 12.5 Å². The van der Waals surface area contributed by atoms with E-state index in [0.29, 0.717) is 23.2 Å². The largest absolute Gasteiger partial charge is 0.497 e. The SMILES string of the molecule is COc1ccc(COc2ccc(Cl)c(CCl)n2)cc1. The van der Waals surface area contributed by atoms with E-state index in [2.05, 4.69) is 4.98 Å². The Morgan fingerprint density at radius 1 is 1.11 bits per heavy atom. The number of halogens is 2. The number of alkyl halides is 1. The maximum atomic E-state index is 5.93. The van der Waals surface area contributed by atoms with Crippen LogP contribution in [0, 0.1) is 0 Å². The molecule has 100 valence electrons. The van der Waals surface area contributed by atoms with Gasteiger partial charge in [-0.05, 0) is 23.8 Å². The van der Waals surface area contributed by atoms with Crippen molar-refractivity contribution in [3.05, 3.63) is 52.7 Å². The van der Waals surface area contributed by atoms with Crippen molar-refractivity contribution in [3.63, 3.8) is 0 Å². The van der Waals surface area contributed by atoms with E-state index in [9.17, 15) is 0 Å². The van der Waals surface area contributed by atoms with E-state index in [1.165, 1.54) is 0 Å². The standard InChI is InChI=1S/C14H13Cl2NO2/c1-18-11-4-2-10(3-5-11)9-19-14-7-6-12(16)13(8-15)17-14/h2-7H,8-9H2,1H3. The molecule has 0 fully saturated rings. The number of benzene rings is 1. The van der Waals surface area contributed by atoms with Gasteiger partial charge < -0.3 is 9.47 Å².